The van der Waals surface area contributed by atoms with E-state index >= 15 is 0 Å². The predicted molar refractivity (Wildman–Crippen MR) is 252 cm³/mol. The van der Waals surface area contributed by atoms with Crippen molar-refractivity contribution in [1.29, 1.82) is 0 Å². The normalized spacial score (nSPS) is 23.2. The maximum atomic E-state index is 12.9. The minimum Gasteiger partial charge on any atom is -0.875 e. The average molecular weight is 938 g/mol. The summed E-state index contributed by atoms with van der Waals surface area (Å²) >= 11 is 15.7. The van der Waals surface area contributed by atoms with Crippen LogP contribution >= 0.6 is 46.7 Å². The average Bonchev–Trinajstić information content (AvgIpc) is 3.25. The molecule has 0 spiro atoms. The van der Waals surface area contributed by atoms with E-state index in [0.29, 0.717) is 88.9 Å². The third-order valence-electron chi connectivity index (χ3n) is 11.5. The van der Waals surface area contributed by atoms with Gasteiger partial charge in [0.1, 0.15) is 29.5 Å². The van der Waals surface area contributed by atoms with Crippen LogP contribution in [0.4, 0.5) is 0 Å². The summed E-state index contributed by atoms with van der Waals surface area (Å²) in [6.07, 6.45) is 8.85. The van der Waals surface area contributed by atoms with Crippen molar-refractivity contribution in [1.82, 2.24) is 0 Å². The summed E-state index contributed by atoms with van der Waals surface area (Å²) in [7, 11) is 0. The number of Topliss-reactive ketones (excluding diaryl/α,β-unsaturated/α-hetero) is 2. The monoisotopic (exact) mass is 936 g/mol. The molecule has 2 aliphatic carbocycles. The van der Waals surface area contributed by atoms with Crippen LogP contribution in [0.1, 0.15) is 105 Å². The molecule has 2 fully saturated rings. The first-order valence-electron chi connectivity index (χ1n) is 22.2. The first-order valence-corrected chi connectivity index (χ1v) is 25.3. The summed E-state index contributed by atoms with van der Waals surface area (Å²) in [6, 6.07) is 14.2. The number of aliphatic hydroxyl groups is 1. The number of allylic oxidation sites excluding steroid dienone is 4. The Hall–Kier alpha value is -2.72. The number of aliphatic hydroxyl groups excluding tert-OH is 1. The number of rotatable bonds is 18. The second-order valence-corrected chi connectivity index (χ2v) is 19.9. The first kappa shape index (κ1) is 52.9. The standard InChI is InChI=1S/2C24H32ClNO4S.Li/c2*1-3-5-21(26-29-14-16(2)30-20-9-7-19(25)8-10-20)24-22(27)12-18(13-23(24)28)17-6-4-11-31-15-17;/h2*7-10,16-18,27H,3-6,11-15H2,1-2H3;/q;;+1/p-1/b2*26-21+;. The number of oxime groups is 2. The SMILES string of the molecule is CCC/C(=N\OCC(C)Oc1ccc(Cl)cc1)C1=C(O)CC(C2CCCSC2)CC1=O.CCC/C(=N\OCC(C)Oc1ccc(Cl)cc1)C1=C([O-])CC(C2CCCSC2)CC1=O.[Li+]. The molecule has 2 aromatic rings. The molecule has 4 aliphatic rings. The number of carbonyl (C=O) groups is 2. The fraction of sp³-hybridized carbons (Fsp3) is 0.583. The van der Waals surface area contributed by atoms with Gasteiger partial charge in [0, 0.05) is 34.9 Å². The van der Waals surface area contributed by atoms with Crippen LogP contribution in [0.15, 0.2) is 81.5 Å². The third-order valence-corrected chi connectivity index (χ3v) is 14.5. The molecular formula is C48H63Cl2LiN2O8S2. The molecule has 6 atom stereocenters. The van der Waals surface area contributed by atoms with Crippen LogP contribution in [-0.4, -0.2) is 76.5 Å². The van der Waals surface area contributed by atoms with Crippen LogP contribution in [0.5, 0.6) is 11.5 Å². The molecule has 340 valence electrons. The zero-order chi connectivity index (χ0) is 44.4. The minimum absolute atomic E-state index is 0. The minimum atomic E-state index is -0.247. The molecule has 2 saturated heterocycles. The Morgan fingerprint density at radius 3 is 1.52 bits per heavy atom. The van der Waals surface area contributed by atoms with Gasteiger partial charge in [-0.3, -0.25) is 9.59 Å². The molecule has 63 heavy (non-hydrogen) atoms. The summed E-state index contributed by atoms with van der Waals surface area (Å²) in [5.74, 6) is 7.36. The Labute approximate surface area is 404 Å². The van der Waals surface area contributed by atoms with Gasteiger partial charge in [-0.1, -0.05) is 60.2 Å². The third kappa shape index (κ3) is 16.9. The van der Waals surface area contributed by atoms with Gasteiger partial charge in [-0.05, 0) is 154 Å². The summed E-state index contributed by atoms with van der Waals surface area (Å²) in [4.78, 5) is 36.9. The van der Waals surface area contributed by atoms with Crippen LogP contribution in [0, 0.1) is 23.7 Å². The summed E-state index contributed by atoms with van der Waals surface area (Å²) < 4.78 is 11.6. The second-order valence-electron chi connectivity index (χ2n) is 16.7. The molecular weight excluding hydrogens is 875 g/mol. The molecule has 6 rings (SSSR count). The summed E-state index contributed by atoms with van der Waals surface area (Å²) in [5, 5.41) is 33.4. The van der Waals surface area contributed by atoms with E-state index in [0.717, 1.165) is 37.2 Å². The maximum Gasteiger partial charge on any atom is 1.00 e. The van der Waals surface area contributed by atoms with Crippen molar-refractivity contribution in [3.8, 4) is 11.5 Å². The molecule has 0 radical (unpaired) electrons. The van der Waals surface area contributed by atoms with Crippen molar-refractivity contribution < 1.29 is 57.8 Å². The molecule has 6 unspecified atom stereocenters. The molecule has 1 N–H and O–H groups in total. The zero-order valence-electron chi connectivity index (χ0n) is 37.6. The van der Waals surface area contributed by atoms with Gasteiger partial charge in [-0.2, -0.15) is 23.5 Å². The van der Waals surface area contributed by atoms with Crippen LogP contribution < -0.4 is 33.4 Å². The smallest absolute Gasteiger partial charge is 0.875 e. The Morgan fingerprint density at radius 1 is 0.698 bits per heavy atom. The number of benzene rings is 2. The van der Waals surface area contributed by atoms with Crippen LogP contribution in [0.25, 0.3) is 0 Å². The van der Waals surface area contributed by atoms with Crippen LogP contribution in [0.3, 0.4) is 0 Å². The van der Waals surface area contributed by atoms with Gasteiger partial charge in [0.2, 0.25) is 0 Å². The van der Waals surface area contributed by atoms with E-state index < -0.39 is 0 Å². The van der Waals surface area contributed by atoms with Crippen molar-refractivity contribution in [2.75, 3.05) is 36.2 Å². The number of hydrogen-bond donors (Lipinski definition) is 1. The van der Waals surface area contributed by atoms with Gasteiger partial charge >= 0.3 is 18.9 Å². The maximum absolute atomic E-state index is 12.9. The van der Waals surface area contributed by atoms with E-state index in [2.05, 4.69) is 10.3 Å². The topological polar surface area (TPSA) is 139 Å². The number of carbonyl (C=O) groups excluding carboxylic acids is 2. The number of hydrogen-bond acceptors (Lipinski definition) is 12. The fourth-order valence-electron chi connectivity index (χ4n) is 8.33. The molecule has 0 saturated carbocycles. The number of nitrogens with zero attached hydrogens (tertiary/aromatic N) is 2. The molecule has 10 nitrogen and oxygen atoms in total. The van der Waals surface area contributed by atoms with Crippen molar-refractivity contribution in [2.45, 2.75) is 117 Å². The number of ether oxygens (including phenoxy) is 2. The molecule has 2 heterocycles. The van der Waals surface area contributed by atoms with Crippen molar-refractivity contribution >= 4 is 69.7 Å². The summed E-state index contributed by atoms with van der Waals surface area (Å²) in [6.45, 7) is 8.24. The van der Waals surface area contributed by atoms with Gasteiger partial charge in [0.05, 0.1) is 17.0 Å². The van der Waals surface area contributed by atoms with Gasteiger partial charge < -0.3 is 29.4 Å². The molecule has 0 bridgehead atoms. The van der Waals surface area contributed by atoms with Crippen molar-refractivity contribution in [3.63, 3.8) is 0 Å². The van der Waals surface area contributed by atoms with E-state index in [4.69, 9.17) is 42.4 Å². The molecule has 2 aromatic carbocycles. The molecule has 15 heteroatoms. The van der Waals surface area contributed by atoms with Gasteiger partial charge in [-0.25, -0.2) is 0 Å². The van der Waals surface area contributed by atoms with E-state index in [1.165, 1.54) is 24.3 Å². The van der Waals surface area contributed by atoms with Crippen LogP contribution in [-0.2, 0) is 19.3 Å². The summed E-state index contributed by atoms with van der Waals surface area (Å²) in [5.41, 5.74) is 1.65. The van der Waals surface area contributed by atoms with E-state index in [-0.39, 0.29) is 84.8 Å². The Morgan fingerprint density at radius 2 is 1.13 bits per heavy atom. The quantitative estimate of drug-likeness (QED) is 0.0884. The second kappa shape index (κ2) is 27.7. The number of halogens is 2. The van der Waals surface area contributed by atoms with Gasteiger partial charge in [0.25, 0.3) is 0 Å². The first-order chi connectivity index (χ1) is 29.9. The van der Waals surface area contributed by atoms with Gasteiger partial charge in [-0.15, -0.1) is 5.76 Å². The Bertz CT molecular complexity index is 1750. The Kier molecular flexibility index (Phi) is 23.2. The zero-order valence-corrected chi connectivity index (χ0v) is 40.7. The molecule has 2 aliphatic heterocycles. The van der Waals surface area contributed by atoms with E-state index in [1.807, 2.05) is 51.2 Å². The van der Waals surface area contributed by atoms with Crippen LogP contribution in [0.2, 0.25) is 10.0 Å². The van der Waals surface area contributed by atoms with Crippen molar-refractivity contribution in [2.24, 2.45) is 34.0 Å². The predicted octanol–water partition coefficient (Wildman–Crippen LogP) is 8.24. The Balaban J connectivity index is 0.000000272. The molecule has 0 amide bonds. The number of ketones is 2. The molecule has 0 aromatic heterocycles. The van der Waals surface area contributed by atoms with Gasteiger partial charge in [0.15, 0.2) is 24.8 Å². The number of thioether (sulfide) groups is 2. The fourth-order valence-corrected chi connectivity index (χ4v) is 11.1. The van der Waals surface area contributed by atoms with E-state index in [1.54, 1.807) is 48.5 Å². The van der Waals surface area contributed by atoms with E-state index in [9.17, 15) is 19.8 Å². The van der Waals surface area contributed by atoms with Crippen molar-refractivity contribution in [3.05, 3.63) is 81.2 Å². The largest absolute Gasteiger partial charge is 1.00 e.